The Morgan fingerprint density at radius 2 is 2.09 bits per heavy atom. The quantitative estimate of drug-likeness (QED) is 0.881. The van der Waals surface area contributed by atoms with Crippen molar-refractivity contribution in [3.8, 4) is 0 Å². The number of carbonyl (C=O) groups excluding carboxylic acids is 1. The van der Waals surface area contributed by atoms with E-state index in [1.807, 2.05) is 0 Å². The fourth-order valence-electron chi connectivity index (χ4n) is 2.36. The molecule has 0 aliphatic heterocycles. The van der Waals surface area contributed by atoms with E-state index in [1.54, 1.807) is 24.1 Å². The maximum atomic E-state index is 12.9. The summed E-state index contributed by atoms with van der Waals surface area (Å²) in [5, 5.41) is 7.12. The largest absolute Gasteiger partial charge is 0.340 e. The van der Waals surface area contributed by atoms with E-state index in [0.29, 0.717) is 24.6 Å². The summed E-state index contributed by atoms with van der Waals surface area (Å²) < 4.78 is 13.7. The Balaban J connectivity index is 1.63. The molecule has 1 saturated carbocycles. The molecule has 1 fully saturated rings. The fraction of sp³-hybridized carbons (Fsp3) is 0.375. The zero-order valence-electron chi connectivity index (χ0n) is 12.3. The molecular weight excluding hydrogens is 349 g/mol. The van der Waals surface area contributed by atoms with Gasteiger partial charge in [-0.1, -0.05) is 12.1 Å². The topological polar surface area (TPSA) is 49.0 Å². The summed E-state index contributed by atoms with van der Waals surface area (Å²) in [4.78, 5) is 14.1. The number of hydrogen-bond acceptors (Lipinski definition) is 2. The van der Waals surface area contributed by atoms with Gasteiger partial charge in [-0.3, -0.25) is 9.89 Å². The molecule has 0 saturated heterocycles. The number of carbonyl (C=O) groups is 1. The number of aromatic nitrogens is 2. The number of rotatable bonds is 5. The number of H-pyrrole nitrogens is 1. The first-order valence-electron chi connectivity index (χ1n) is 7.30. The minimum absolute atomic E-state index is 0.114. The maximum absolute atomic E-state index is 12.9. The first kappa shape index (κ1) is 15.2. The van der Waals surface area contributed by atoms with E-state index in [2.05, 4.69) is 26.1 Å². The predicted molar refractivity (Wildman–Crippen MR) is 85.3 cm³/mol. The van der Waals surface area contributed by atoms with Gasteiger partial charge in [-0.15, -0.1) is 0 Å². The van der Waals surface area contributed by atoms with Crippen LogP contribution >= 0.6 is 15.9 Å². The van der Waals surface area contributed by atoms with Gasteiger partial charge in [-0.05, 0) is 52.9 Å². The monoisotopic (exact) mass is 365 g/mol. The van der Waals surface area contributed by atoms with E-state index in [-0.39, 0.29) is 11.7 Å². The number of nitrogens with zero attached hydrogens (tertiary/aromatic N) is 2. The Kier molecular flexibility index (Phi) is 4.29. The number of halogens is 2. The molecule has 4 nitrogen and oxygen atoms in total. The van der Waals surface area contributed by atoms with Crippen LogP contribution < -0.4 is 0 Å². The number of likely N-dealkylation sites (N-methyl/N-ethyl adjacent to an activating group) is 1. The summed E-state index contributed by atoms with van der Waals surface area (Å²) in [6, 6.07) is 6.35. The average Bonchev–Trinajstić information content (AvgIpc) is 3.28. The van der Waals surface area contributed by atoms with Gasteiger partial charge in [0.15, 0.2) is 5.69 Å². The highest BCUT2D eigenvalue weighted by molar-refractivity contribution is 9.10. The van der Waals surface area contributed by atoms with Crippen LogP contribution in [0.3, 0.4) is 0 Å². The molecule has 1 aromatic carbocycles. The van der Waals surface area contributed by atoms with Gasteiger partial charge >= 0.3 is 0 Å². The number of hydrogen-bond donors (Lipinski definition) is 1. The normalized spacial score (nSPS) is 14.1. The molecule has 2 aromatic rings. The van der Waals surface area contributed by atoms with E-state index in [4.69, 9.17) is 0 Å². The number of benzene rings is 1. The molecule has 22 heavy (non-hydrogen) atoms. The minimum atomic E-state index is -0.249. The lowest BCUT2D eigenvalue weighted by Gasteiger charge is -2.16. The second-order valence-corrected chi connectivity index (χ2v) is 6.47. The molecular formula is C16H17BrFN3O. The molecule has 116 valence electrons. The summed E-state index contributed by atoms with van der Waals surface area (Å²) in [6.07, 6.45) is 2.98. The van der Waals surface area contributed by atoms with Crippen LogP contribution in [-0.2, 0) is 6.42 Å². The van der Waals surface area contributed by atoms with Crippen LogP contribution in [0.4, 0.5) is 4.39 Å². The fourth-order valence-corrected chi connectivity index (χ4v) is 3.03. The van der Waals surface area contributed by atoms with Crippen molar-refractivity contribution in [1.29, 1.82) is 0 Å². The summed E-state index contributed by atoms with van der Waals surface area (Å²) in [6.45, 7) is 0.558. The van der Waals surface area contributed by atoms with Crippen LogP contribution in [0.15, 0.2) is 28.7 Å². The summed E-state index contributed by atoms with van der Waals surface area (Å²) in [7, 11) is 1.75. The Bertz CT molecular complexity index is 679. The highest BCUT2D eigenvalue weighted by Gasteiger charge is 2.31. The third kappa shape index (κ3) is 3.21. The van der Waals surface area contributed by atoms with Crippen LogP contribution in [0.25, 0.3) is 0 Å². The summed E-state index contributed by atoms with van der Waals surface area (Å²) in [5.41, 5.74) is 2.46. The van der Waals surface area contributed by atoms with Crippen LogP contribution in [0.1, 0.15) is 40.5 Å². The van der Waals surface area contributed by atoms with Gasteiger partial charge in [0, 0.05) is 19.5 Å². The molecule has 1 N–H and O–H groups in total. The lowest BCUT2D eigenvalue weighted by Crippen LogP contribution is -2.29. The molecule has 0 atom stereocenters. The van der Waals surface area contributed by atoms with Crippen molar-refractivity contribution in [2.75, 3.05) is 13.6 Å². The van der Waals surface area contributed by atoms with E-state index < -0.39 is 0 Å². The molecule has 6 heteroatoms. The van der Waals surface area contributed by atoms with Gasteiger partial charge in [-0.2, -0.15) is 5.10 Å². The average molecular weight is 366 g/mol. The molecule has 3 rings (SSSR count). The van der Waals surface area contributed by atoms with Crippen molar-refractivity contribution in [2.24, 2.45) is 0 Å². The summed E-state index contributed by atoms with van der Waals surface area (Å²) in [5.74, 6) is 0.145. The number of nitrogens with one attached hydrogen (secondary N) is 1. The Hall–Kier alpha value is -1.69. The van der Waals surface area contributed by atoms with Gasteiger partial charge in [0.05, 0.1) is 10.2 Å². The number of amides is 1. The van der Waals surface area contributed by atoms with Gasteiger partial charge in [-0.25, -0.2) is 4.39 Å². The van der Waals surface area contributed by atoms with Gasteiger partial charge < -0.3 is 4.90 Å². The Morgan fingerprint density at radius 1 is 1.41 bits per heavy atom. The van der Waals surface area contributed by atoms with E-state index in [1.165, 1.54) is 12.1 Å². The lowest BCUT2D eigenvalue weighted by atomic mass is 10.1. The Morgan fingerprint density at radius 3 is 2.73 bits per heavy atom. The van der Waals surface area contributed by atoms with Gasteiger partial charge in [0.25, 0.3) is 5.91 Å². The van der Waals surface area contributed by atoms with E-state index in [9.17, 15) is 9.18 Å². The van der Waals surface area contributed by atoms with E-state index in [0.717, 1.165) is 28.6 Å². The van der Waals surface area contributed by atoms with Crippen LogP contribution in [0.5, 0.6) is 0 Å². The Labute approximate surface area is 136 Å². The maximum Gasteiger partial charge on any atom is 0.275 e. The van der Waals surface area contributed by atoms with E-state index >= 15 is 0 Å². The lowest BCUT2D eigenvalue weighted by molar-refractivity contribution is 0.0790. The third-order valence-electron chi connectivity index (χ3n) is 3.92. The van der Waals surface area contributed by atoms with Crippen LogP contribution in [0.2, 0.25) is 0 Å². The number of aromatic amines is 1. The van der Waals surface area contributed by atoms with Crippen molar-refractivity contribution in [1.82, 2.24) is 15.1 Å². The molecule has 1 aromatic heterocycles. The highest BCUT2D eigenvalue weighted by Crippen LogP contribution is 2.43. The highest BCUT2D eigenvalue weighted by atomic mass is 79.9. The second kappa shape index (κ2) is 6.20. The third-order valence-corrected chi connectivity index (χ3v) is 4.72. The molecule has 0 radical (unpaired) electrons. The SMILES string of the molecule is CN(CCc1ccc(F)cc1)C(=O)c1n[nH]c(C2CC2)c1Br. The minimum Gasteiger partial charge on any atom is -0.340 e. The first-order chi connectivity index (χ1) is 10.6. The van der Waals surface area contributed by atoms with Gasteiger partial charge in [0.1, 0.15) is 5.82 Å². The first-order valence-corrected chi connectivity index (χ1v) is 8.09. The molecule has 1 amide bonds. The van der Waals surface area contributed by atoms with Crippen LogP contribution in [-0.4, -0.2) is 34.6 Å². The second-order valence-electron chi connectivity index (χ2n) is 5.68. The zero-order chi connectivity index (χ0) is 15.7. The molecule has 0 bridgehead atoms. The van der Waals surface area contributed by atoms with Gasteiger partial charge in [0.2, 0.25) is 0 Å². The zero-order valence-corrected chi connectivity index (χ0v) is 13.9. The molecule has 1 aliphatic carbocycles. The smallest absolute Gasteiger partial charge is 0.275 e. The summed E-state index contributed by atoms with van der Waals surface area (Å²) >= 11 is 3.48. The van der Waals surface area contributed by atoms with Crippen molar-refractivity contribution < 1.29 is 9.18 Å². The molecule has 1 heterocycles. The van der Waals surface area contributed by atoms with Crippen molar-refractivity contribution in [2.45, 2.75) is 25.2 Å². The molecule has 0 spiro atoms. The van der Waals surface area contributed by atoms with Crippen molar-refractivity contribution in [3.05, 3.63) is 51.5 Å². The van der Waals surface area contributed by atoms with Crippen LogP contribution in [0, 0.1) is 5.82 Å². The predicted octanol–water partition coefficient (Wildman–Crippen LogP) is 3.50. The standard InChI is InChI=1S/C16H17BrFN3O/c1-21(9-8-10-2-6-12(18)7-3-10)16(22)15-13(17)14(19-20-15)11-4-5-11/h2-3,6-7,11H,4-5,8-9H2,1H3,(H,19,20). The molecule has 1 aliphatic rings. The van der Waals surface area contributed by atoms with Crippen molar-refractivity contribution in [3.63, 3.8) is 0 Å². The van der Waals surface area contributed by atoms with Crippen molar-refractivity contribution >= 4 is 21.8 Å². The molecule has 0 unspecified atom stereocenters.